The van der Waals surface area contributed by atoms with Crippen LogP contribution in [-0.2, 0) is 4.84 Å². The predicted octanol–water partition coefficient (Wildman–Crippen LogP) is 2.84. The van der Waals surface area contributed by atoms with E-state index in [2.05, 4.69) is 25.4 Å². The zero-order valence-electron chi connectivity index (χ0n) is 16.3. The van der Waals surface area contributed by atoms with Crippen molar-refractivity contribution in [3.8, 4) is 0 Å². The van der Waals surface area contributed by atoms with Gasteiger partial charge in [0.1, 0.15) is 29.6 Å². The van der Waals surface area contributed by atoms with Gasteiger partial charge in [0, 0.05) is 29.1 Å². The number of aliphatic hydroxyl groups is 1. The van der Waals surface area contributed by atoms with E-state index in [1.807, 2.05) is 0 Å². The summed E-state index contributed by atoms with van der Waals surface area (Å²) in [6.07, 6.45) is 1.48. The van der Waals surface area contributed by atoms with Crippen LogP contribution in [0.5, 0.6) is 0 Å². The summed E-state index contributed by atoms with van der Waals surface area (Å²) in [6, 6.07) is 7.72. The molecule has 0 bridgehead atoms. The Balaban J connectivity index is 1.79. The molecular weight excluding hydrogens is 394 g/mol. The average Bonchev–Trinajstić information content (AvgIpc) is 3.17. The van der Waals surface area contributed by atoms with Crippen LogP contribution in [0.3, 0.4) is 0 Å². The Kier molecular flexibility index (Phi) is 5.32. The van der Waals surface area contributed by atoms with Crippen LogP contribution in [0.25, 0.3) is 16.6 Å². The minimum atomic E-state index is -0.768. The quantitative estimate of drug-likeness (QED) is 0.297. The van der Waals surface area contributed by atoms with E-state index in [-0.39, 0.29) is 35.5 Å². The minimum absolute atomic E-state index is 0.0594. The molecule has 0 aliphatic rings. The number of halogens is 2. The summed E-state index contributed by atoms with van der Waals surface area (Å²) in [4.78, 5) is 8.98. The van der Waals surface area contributed by atoms with Crippen LogP contribution in [0, 0.1) is 11.6 Å². The number of hydrogen-bond donors (Lipinski definition) is 1. The van der Waals surface area contributed by atoms with E-state index in [1.165, 1.54) is 16.8 Å². The van der Waals surface area contributed by atoms with Crippen LogP contribution in [-0.4, -0.2) is 48.8 Å². The molecule has 0 fully saturated rings. The molecule has 3 aromatic heterocycles. The highest BCUT2D eigenvalue weighted by molar-refractivity contribution is 5.96. The third kappa shape index (κ3) is 3.45. The zero-order chi connectivity index (χ0) is 21.3. The van der Waals surface area contributed by atoms with E-state index in [9.17, 15) is 4.39 Å². The Morgan fingerprint density at radius 1 is 1.27 bits per heavy atom. The third-order valence-electron chi connectivity index (χ3n) is 4.69. The first-order chi connectivity index (χ1) is 14.5. The maximum absolute atomic E-state index is 15.1. The number of fused-ring (bicyclic) bond motifs is 2. The van der Waals surface area contributed by atoms with Crippen LogP contribution < -0.4 is 0 Å². The molecule has 154 valence electrons. The van der Waals surface area contributed by atoms with Gasteiger partial charge in [0.05, 0.1) is 12.1 Å². The smallest absolute Gasteiger partial charge is 0.177 e. The lowest BCUT2D eigenvalue weighted by Crippen LogP contribution is -2.11. The largest absolute Gasteiger partial charge is 0.393 e. The number of nitrogens with zero attached hydrogens (tertiary/aromatic N) is 6. The van der Waals surface area contributed by atoms with E-state index < -0.39 is 17.6 Å². The van der Waals surface area contributed by atoms with Crippen molar-refractivity contribution in [3.63, 3.8) is 0 Å². The molecule has 0 amide bonds. The van der Waals surface area contributed by atoms with E-state index in [0.29, 0.717) is 17.1 Å². The van der Waals surface area contributed by atoms with Gasteiger partial charge < -0.3 is 9.94 Å². The maximum Gasteiger partial charge on any atom is 0.177 e. The molecule has 0 spiro atoms. The van der Waals surface area contributed by atoms with Crippen LogP contribution in [0.2, 0.25) is 0 Å². The Morgan fingerprint density at radius 3 is 2.90 bits per heavy atom. The number of rotatable bonds is 6. The van der Waals surface area contributed by atoms with Crippen molar-refractivity contribution in [2.24, 2.45) is 5.16 Å². The summed E-state index contributed by atoms with van der Waals surface area (Å²) in [5.41, 5.74) is 1.47. The predicted molar refractivity (Wildman–Crippen MR) is 105 cm³/mol. The maximum atomic E-state index is 15.1. The van der Waals surface area contributed by atoms with Crippen LogP contribution in [0.15, 0.2) is 41.7 Å². The van der Waals surface area contributed by atoms with Gasteiger partial charge in [0.25, 0.3) is 0 Å². The topological polar surface area (TPSA) is 97.8 Å². The molecule has 1 atom stereocenters. The molecule has 0 radical (unpaired) electrons. The van der Waals surface area contributed by atoms with Crippen LogP contribution in [0.1, 0.15) is 36.8 Å². The summed E-state index contributed by atoms with van der Waals surface area (Å²) in [5.74, 6) is -1.89. The molecule has 30 heavy (non-hydrogen) atoms. The van der Waals surface area contributed by atoms with Crippen molar-refractivity contribution >= 4 is 22.3 Å². The molecule has 10 heteroatoms. The summed E-state index contributed by atoms with van der Waals surface area (Å²) < 4.78 is 31.4. The molecule has 4 rings (SSSR count). The first-order valence-corrected chi connectivity index (χ1v) is 9.24. The fraction of sp³-hybridized carbons (Fsp3) is 0.250. The van der Waals surface area contributed by atoms with Gasteiger partial charge in [-0.1, -0.05) is 12.1 Å². The highest BCUT2D eigenvalue weighted by Gasteiger charge is 2.25. The van der Waals surface area contributed by atoms with Gasteiger partial charge in [-0.3, -0.25) is 4.98 Å². The Labute approximate surface area is 169 Å². The average molecular weight is 412 g/mol. The molecule has 0 saturated heterocycles. The summed E-state index contributed by atoms with van der Waals surface area (Å²) in [5, 5.41) is 25.5. The van der Waals surface area contributed by atoms with Crippen molar-refractivity contribution < 1.29 is 18.7 Å². The second-order valence-electron chi connectivity index (χ2n) is 6.66. The van der Waals surface area contributed by atoms with E-state index in [1.54, 1.807) is 38.1 Å². The number of benzene rings is 1. The lowest BCUT2D eigenvalue weighted by molar-refractivity contribution is 0.0986. The van der Waals surface area contributed by atoms with Gasteiger partial charge in [0.15, 0.2) is 11.5 Å². The molecule has 4 aromatic rings. The molecule has 3 heterocycles. The Morgan fingerprint density at radius 2 is 2.10 bits per heavy atom. The van der Waals surface area contributed by atoms with Gasteiger partial charge in [-0.05, 0) is 31.2 Å². The van der Waals surface area contributed by atoms with E-state index in [4.69, 9.17) is 9.94 Å². The monoisotopic (exact) mass is 412 g/mol. The Bertz CT molecular complexity index is 1260. The summed E-state index contributed by atoms with van der Waals surface area (Å²) in [7, 11) is 0. The number of oxime groups is 1. The molecule has 0 aliphatic heterocycles. The molecule has 1 aromatic carbocycles. The summed E-state index contributed by atoms with van der Waals surface area (Å²) in [6.45, 7) is 3.23. The molecular formula is C20H18F2N6O2. The van der Waals surface area contributed by atoms with Crippen LogP contribution in [0.4, 0.5) is 8.78 Å². The molecule has 0 aliphatic carbocycles. The fourth-order valence-electron chi connectivity index (χ4n) is 3.19. The number of pyridine rings is 1. The molecule has 1 unspecified atom stereocenters. The second-order valence-corrected chi connectivity index (χ2v) is 6.66. The van der Waals surface area contributed by atoms with Crippen molar-refractivity contribution in [1.29, 1.82) is 0 Å². The number of aliphatic hydroxyl groups excluding tert-OH is 1. The zero-order valence-corrected chi connectivity index (χ0v) is 16.3. The molecule has 1 N–H and O–H groups in total. The molecule has 8 nitrogen and oxygen atoms in total. The second kappa shape index (κ2) is 8.07. The highest BCUT2D eigenvalue weighted by atomic mass is 19.1. The van der Waals surface area contributed by atoms with Gasteiger partial charge in [-0.2, -0.15) is 9.61 Å². The lowest BCUT2D eigenvalue weighted by Gasteiger charge is -2.14. The third-order valence-corrected chi connectivity index (χ3v) is 4.69. The van der Waals surface area contributed by atoms with E-state index in [0.717, 1.165) is 0 Å². The van der Waals surface area contributed by atoms with Crippen molar-refractivity contribution in [2.75, 3.05) is 13.2 Å². The van der Waals surface area contributed by atoms with Gasteiger partial charge >= 0.3 is 0 Å². The lowest BCUT2D eigenvalue weighted by atomic mass is 9.97. The van der Waals surface area contributed by atoms with E-state index >= 15 is 4.39 Å². The van der Waals surface area contributed by atoms with Gasteiger partial charge in [-0.25, -0.2) is 8.78 Å². The first kappa shape index (κ1) is 19.8. The number of hydrogen-bond acceptors (Lipinski definition) is 7. The minimum Gasteiger partial charge on any atom is -0.393 e. The standard InChI is InChI=1S/C20H18F2N6O2/c1-11(18-14(21)10-16-13(19(18)22)4-3-7-23-16)20-25-24-17-6-5-15(26-28(17)20)12(2)27-30-9-8-29/h3-7,10-11,29H,8-9H2,1-2H3/b27-12-. The van der Waals surface area contributed by atoms with Gasteiger partial charge in [0.2, 0.25) is 0 Å². The molecule has 0 saturated carbocycles. The van der Waals surface area contributed by atoms with Crippen molar-refractivity contribution in [2.45, 2.75) is 19.8 Å². The van der Waals surface area contributed by atoms with Crippen molar-refractivity contribution in [1.82, 2.24) is 24.8 Å². The SMILES string of the molecule is C/C(=N/OCCO)c1ccc2nnc(C(C)c3c(F)cc4ncccc4c3F)n2n1. The first-order valence-electron chi connectivity index (χ1n) is 9.24. The summed E-state index contributed by atoms with van der Waals surface area (Å²) >= 11 is 0. The Hall–Kier alpha value is -3.53. The highest BCUT2D eigenvalue weighted by Crippen LogP contribution is 2.31. The fourth-order valence-corrected chi connectivity index (χ4v) is 3.19. The number of aromatic nitrogens is 5. The van der Waals surface area contributed by atoms with Gasteiger partial charge in [-0.15, -0.1) is 10.2 Å². The van der Waals surface area contributed by atoms with Crippen molar-refractivity contribution in [3.05, 3.63) is 65.2 Å². The van der Waals surface area contributed by atoms with Crippen LogP contribution >= 0.6 is 0 Å². The normalized spacial score (nSPS) is 13.2.